The third kappa shape index (κ3) is 2.84. The Bertz CT molecular complexity index is 484. The van der Waals surface area contributed by atoms with E-state index in [0.29, 0.717) is 17.7 Å². The molecule has 2 aliphatic carbocycles. The van der Waals surface area contributed by atoms with Crippen molar-refractivity contribution in [3.8, 4) is 0 Å². The van der Waals surface area contributed by atoms with Gasteiger partial charge in [-0.1, -0.05) is 19.3 Å². The summed E-state index contributed by atoms with van der Waals surface area (Å²) in [7, 11) is 1.76. The number of methoxy groups -OCH3 is 1. The summed E-state index contributed by atoms with van der Waals surface area (Å²) >= 11 is 3.53. The zero-order valence-electron chi connectivity index (χ0n) is 11.9. The van der Waals surface area contributed by atoms with E-state index in [1.807, 2.05) is 0 Å². The number of nitrogen functional groups attached to an aromatic ring is 1. The molecule has 2 N–H and O–H groups in total. The maximum absolute atomic E-state index is 6.06. The molecule has 0 bridgehead atoms. The third-order valence-electron chi connectivity index (χ3n) is 4.47. The van der Waals surface area contributed by atoms with Crippen molar-refractivity contribution in [1.82, 2.24) is 9.97 Å². The minimum atomic E-state index is -0.0109. The van der Waals surface area contributed by atoms with Crippen molar-refractivity contribution in [3.05, 3.63) is 16.0 Å². The molecule has 110 valence electrons. The average Bonchev–Trinajstić information content (AvgIpc) is 3.29. The molecule has 1 heterocycles. The Kier molecular flexibility index (Phi) is 4.26. The molecule has 0 amide bonds. The van der Waals surface area contributed by atoms with Crippen LogP contribution in [0.4, 0.5) is 5.82 Å². The number of halogens is 1. The third-order valence-corrected chi connectivity index (χ3v) is 5.28. The summed E-state index contributed by atoms with van der Waals surface area (Å²) in [5, 5.41) is 0. The molecule has 1 aromatic rings. The van der Waals surface area contributed by atoms with E-state index in [1.54, 1.807) is 7.11 Å². The van der Waals surface area contributed by atoms with Crippen molar-refractivity contribution >= 4 is 21.7 Å². The van der Waals surface area contributed by atoms with Gasteiger partial charge in [-0.2, -0.15) is 0 Å². The summed E-state index contributed by atoms with van der Waals surface area (Å²) in [6.45, 7) is 0. The first-order chi connectivity index (χ1) is 9.70. The molecule has 2 fully saturated rings. The summed E-state index contributed by atoms with van der Waals surface area (Å²) in [5.74, 6) is 2.41. The van der Waals surface area contributed by atoms with Gasteiger partial charge in [0.1, 0.15) is 11.9 Å². The zero-order valence-corrected chi connectivity index (χ0v) is 13.5. The maximum Gasteiger partial charge on any atom is 0.160 e. The Morgan fingerprint density at radius 1 is 1.15 bits per heavy atom. The van der Waals surface area contributed by atoms with Gasteiger partial charge in [-0.3, -0.25) is 0 Å². The van der Waals surface area contributed by atoms with Gasteiger partial charge in [-0.05, 0) is 47.5 Å². The van der Waals surface area contributed by atoms with E-state index < -0.39 is 0 Å². The molecular formula is C15H22BrN3O. The lowest BCUT2D eigenvalue weighted by Crippen LogP contribution is -2.21. The molecule has 5 heteroatoms. The summed E-state index contributed by atoms with van der Waals surface area (Å²) in [6, 6.07) is 0. The minimum absolute atomic E-state index is 0.0109. The monoisotopic (exact) mass is 339 g/mol. The Balaban J connectivity index is 1.90. The Morgan fingerprint density at radius 3 is 2.45 bits per heavy atom. The summed E-state index contributed by atoms with van der Waals surface area (Å²) < 4.78 is 6.61. The van der Waals surface area contributed by atoms with E-state index in [-0.39, 0.29) is 6.10 Å². The molecule has 2 saturated carbocycles. The lowest BCUT2D eigenvalue weighted by molar-refractivity contribution is 0.0288. The predicted octanol–water partition coefficient (Wildman–Crippen LogP) is 3.97. The molecule has 1 unspecified atom stereocenters. The number of hydrogen-bond acceptors (Lipinski definition) is 4. The van der Waals surface area contributed by atoms with Gasteiger partial charge in [0, 0.05) is 13.0 Å². The highest BCUT2D eigenvalue weighted by Crippen LogP contribution is 2.44. The van der Waals surface area contributed by atoms with Gasteiger partial charge in [0.25, 0.3) is 0 Å². The number of hydrogen-bond donors (Lipinski definition) is 1. The average molecular weight is 340 g/mol. The molecule has 0 saturated heterocycles. The fraction of sp³-hybridized carbons (Fsp3) is 0.733. The van der Waals surface area contributed by atoms with Crippen molar-refractivity contribution in [2.24, 2.45) is 5.92 Å². The van der Waals surface area contributed by atoms with Gasteiger partial charge in [-0.15, -0.1) is 0 Å². The highest BCUT2D eigenvalue weighted by molar-refractivity contribution is 9.10. The zero-order chi connectivity index (χ0) is 14.1. The van der Waals surface area contributed by atoms with E-state index >= 15 is 0 Å². The van der Waals surface area contributed by atoms with Crippen LogP contribution in [0.25, 0.3) is 0 Å². The molecule has 0 radical (unpaired) electrons. The second-order valence-electron chi connectivity index (χ2n) is 5.99. The Hall–Kier alpha value is -0.680. The number of nitrogens with two attached hydrogens (primary N) is 1. The van der Waals surface area contributed by atoms with E-state index in [1.165, 1.54) is 44.9 Å². The van der Waals surface area contributed by atoms with E-state index in [2.05, 4.69) is 20.9 Å². The molecule has 20 heavy (non-hydrogen) atoms. The fourth-order valence-electron chi connectivity index (χ4n) is 3.20. The van der Waals surface area contributed by atoms with Crippen molar-refractivity contribution in [1.29, 1.82) is 0 Å². The first-order valence-corrected chi connectivity index (χ1v) is 8.35. The smallest absolute Gasteiger partial charge is 0.160 e. The number of anilines is 1. The minimum Gasteiger partial charge on any atom is -0.383 e. The molecule has 2 aliphatic rings. The molecule has 1 aromatic heterocycles. The van der Waals surface area contributed by atoms with Crippen LogP contribution >= 0.6 is 15.9 Å². The van der Waals surface area contributed by atoms with E-state index in [9.17, 15) is 0 Å². The predicted molar refractivity (Wildman–Crippen MR) is 82.4 cm³/mol. The first-order valence-electron chi connectivity index (χ1n) is 7.56. The normalized spacial score (nSPS) is 21.9. The van der Waals surface area contributed by atoms with Gasteiger partial charge >= 0.3 is 0 Å². The standard InChI is InChI=1S/C15H22BrN3O/c1-20-13(10-5-3-2-4-6-10)15-18-12(9-7-8-9)11(16)14(17)19-15/h9-10,13H,2-8H2,1H3,(H2,17,18,19). The lowest BCUT2D eigenvalue weighted by atomic mass is 9.85. The van der Waals surface area contributed by atoms with Crippen LogP contribution in [0.3, 0.4) is 0 Å². The lowest BCUT2D eigenvalue weighted by Gasteiger charge is -2.28. The maximum atomic E-state index is 6.06. The van der Waals surface area contributed by atoms with Crippen molar-refractivity contribution in [3.63, 3.8) is 0 Å². The Labute approximate surface area is 128 Å². The van der Waals surface area contributed by atoms with Crippen LogP contribution in [0.2, 0.25) is 0 Å². The van der Waals surface area contributed by atoms with Gasteiger partial charge in [0.2, 0.25) is 0 Å². The molecule has 0 spiro atoms. The van der Waals surface area contributed by atoms with Crippen LogP contribution in [0.15, 0.2) is 4.47 Å². The fourth-order valence-corrected chi connectivity index (χ4v) is 3.70. The largest absolute Gasteiger partial charge is 0.383 e. The van der Waals surface area contributed by atoms with Crippen LogP contribution in [-0.4, -0.2) is 17.1 Å². The van der Waals surface area contributed by atoms with Crippen LogP contribution in [-0.2, 0) is 4.74 Å². The quantitative estimate of drug-likeness (QED) is 0.901. The molecular weight excluding hydrogens is 318 g/mol. The number of nitrogens with zero attached hydrogens (tertiary/aromatic N) is 2. The van der Waals surface area contributed by atoms with Crippen molar-refractivity contribution in [2.75, 3.05) is 12.8 Å². The number of rotatable bonds is 4. The molecule has 1 atom stereocenters. The molecule has 0 aromatic carbocycles. The van der Waals surface area contributed by atoms with Gasteiger partial charge in [0.05, 0.1) is 10.2 Å². The summed E-state index contributed by atoms with van der Waals surface area (Å²) in [5.41, 5.74) is 7.13. The SMILES string of the molecule is COC(c1nc(N)c(Br)c(C2CC2)n1)C1CCCCC1. The summed E-state index contributed by atoms with van der Waals surface area (Å²) in [6.07, 6.45) is 8.71. The molecule has 3 rings (SSSR count). The number of aromatic nitrogens is 2. The molecule has 0 aliphatic heterocycles. The van der Waals surface area contributed by atoms with Crippen LogP contribution in [0.1, 0.15) is 68.5 Å². The second kappa shape index (κ2) is 5.98. The second-order valence-corrected chi connectivity index (χ2v) is 6.79. The van der Waals surface area contributed by atoms with Crippen molar-refractivity contribution < 1.29 is 4.74 Å². The topological polar surface area (TPSA) is 61.0 Å². The van der Waals surface area contributed by atoms with Gasteiger partial charge < -0.3 is 10.5 Å². The first kappa shape index (κ1) is 14.3. The van der Waals surface area contributed by atoms with Gasteiger partial charge in [-0.25, -0.2) is 9.97 Å². The van der Waals surface area contributed by atoms with Crippen molar-refractivity contribution in [2.45, 2.75) is 57.0 Å². The van der Waals surface area contributed by atoms with E-state index in [0.717, 1.165) is 16.0 Å². The highest BCUT2D eigenvalue weighted by Gasteiger charge is 2.32. The Morgan fingerprint density at radius 2 is 1.85 bits per heavy atom. The molecule has 4 nitrogen and oxygen atoms in total. The summed E-state index contributed by atoms with van der Waals surface area (Å²) in [4.78, 5) is 9.26. The van der Waals surface area contributed by atoms with Gasteiger partial charge in [0.15, 0.2) is 5.82 Å². The van der Waals surface area contributed by atoms with Crippen LogP contribution in [0, 0.1) is 5.92 Å². The van der Waals surface area contributed by atoms with Crippen LogP contribution in [0.5, 0.6) is 0 Å². The highest BCUT2D eigenvalue weighted by atomic mass is 79.9. The van der Waals surface area contributed by atoms with Crippen LogP contribution < -0.4 is 5.73 Å². The van der Waals surface area contributed by atoms with E-state index in [4.69, 9.17) is 15.5 Å². The number of ether oxygens (including phenoxy) is 1.